The molecule has 7 nitrogen and oxygen atoms in total. The van der Waals surface area contributed by atoms with E-state index in [1.807, 2.05) is 61.5 Å². The van der Waals surface area contributed by atoms with Crippen LogP contribution in [-0.4, -0.2) is 43.4 Å². The lowest BCUT2D eigenvalue weighted by atomic mass is 9.94. The zero-order chi connectivity index (χ0) is 21.7. The highest BCUT2D eigenvalue weighted by Gasteiger charge is 2.28. The third kappa shape index (κ3) is 5.05. The van der Waals surface area contributed by atoms with Gasteiger partial charge in [0.2, 0.25) is 5.91 Å². The van der Waals surface area contributed by atoms with Crippen molar-refractivity contribution in [2.75, 3.05) is 30.9 Å². The van der Waals surface area contributed by atoms with Gasteiger partial charge in [0.25, 0.3) is 5.91 Å². The maximum absolute atomic E-state index is 12.4. The average Bonchev–Trinajstić information content (AvgIpc) is 2.72. The van der Waals surface area contributed by atoms with Gasteiger partial charge < -0.3 is 19.9 Å². The highest BCUT2D eigenvalue weighted by molar-refractivity contribution is 5.93. The Labute approximate surface area is 175 Å². The predicted molar refractivity (Wildman–Crippen MR) is 116 cm³/mol. The molecule has 0 saturated carbocycles. The van der Waals surface area contributed by atoms with E-state index in [-0.39, 0.29) is 12.3 Å². The minimum Gasteiger partial charge on any atom is -0.455 e. The smallest absolute Gasteiger partial charge is 0.308 e. The van der Waals surface area contributed by atoms with Crippen molar-refractivity contribution in [3.63, 3.8) is 0 Å². The van der Waals surface area contributed by atoms with Crippen molar-refractivity contribution in [3.05, 3.63) is 65.9 Å². The van der Waals surface area contributed by atoms with Crippen LogP contribution in [-0.2, 0) is 19.1 Å². The first-order valence-corrected chi connectivity index (χ1v) is 9.64. The van der Waals surface area contributed by atoms with Gasteiger partial charge in [-0.1, -0.05) is 24.3 Å². The van der Waals surface area contributed by atoms with Crippen LogP contribution >= 0.6 is 0 Å². The molecule has 1 aliphatic rings. The lowest BCUT2D eigenvalue weighted by molar-refractivity contribution is -0.149. The monoisotopic (exact) mass is 407 g/mol. The molecule has 1 aliphatic heterocycles. The second-order valence-electron chi connectivity index (χ2n) is 7.24. The van der Waals surface area contributed by atoms with Gasteiger partial charge in [-0.15, -0.1) is 0 Å². The van der Waals surface area contributed by atoms with Gasteiger partial charge in [0, 0.05) is 38.6 Å². The summed E-state index contributed by atoms with van der Waals surface area (Å²) >= 11 is 0. The quantitative estimate of drug-likeness (QED) is 0.744. The second kappa shape index (κ2) is 9.26. The van der Waals surface area contributed by atoms with Crippen molar-refractivity contribution < 1.29 is 19.1 Å². The van der Waals surface area contributed by atoms with Crippen molar-refractivity contribution in [3.8, 4) is 0 Å². The second-order valence-corrected chi connectivity index (χ2v) is 7.24. The summed E-state index contributed by atoms with van der Waals surface area (Å²) in [5, 5.41) is 2.70. The number of nitrogens with zero attached hydrogens (tertiary/aromatic N) is 2. The number of anilines is 2. The summed E-state index contributed by atoms with van der Waals surface area (Å²) in [5.41, 5.74) is 3.45. The summed E-state index contributed by atoms with van der Waals surface area (Å²) in [6.07, 6.45) is 3.48. The maximum Gasteiger partial charge on any atom is 0.308 e. The van der Waals surface area contributed by atoms with E-state index in [2.05, 4.69) is 5.32 Å². The normalized spacial score (nSPS) is 14.6. The van der Waals surface area contributed by atoms with Crippen LogP contribution in [0.3, 0.4) is 0 Å². The van der Waals surface area contributed by atoms with E-state index < -0.39 is 24.5 Å². The third-order valence-electron chi connectivity index (χ3n) is 4.86. The number of benzene rings is 2. The van der Waals surface area contributed by atoms with Crippen LogP contribution in [0.15, 0.2) is 54.7 Å². The van der Waals surface area contributed by atoms with Gasteiger partial charge in [-0.25, -0.2) is 0 Å². The summed E-state index contributed by atoms with van der Waals surface area (Å²) in [6, 6.07) is 14.4. The first-order valence-electron chi connectivity index (χ1n) is 9.64. The Hall–Kier alpha value is -3.61. The molecule has 0 aromatic heterocycles. The van der Waals surface area contributed by atoms with Crippen molar-refractivity contribution in [2.45, 2.75) is 19.4 Å². The number of hydrogen-bond donors (Lipinski definition) is 1. The molecule has 1 N–H and O–H groups in total. The van der Waals surface area contributed by atoms with Crippen LogP contribution < -0.4 is 10.2 Å². The lowest BCUT2D eigenvalue weighted by Crippen LogP contribution is -2.33. The minimum atomic E-state index is -0.547. The Morgan fingerprint density at radius 3 is 2.43 bits per heavy atom. The number of esters is 1. The Morgan fingerprint density at radius 1 is 1.07 bits per heavy atom. The topological polar surface area (TPSA) is 78.9 Å². The Bertz CT molecular complexity index is 967. The van der Waals surface area contributed by atoms with E-state index in [9.17, 15) is 14.4 Å². The zero-order valence-electron chi connectivity index (χ0n) is 17.3. The molecule has 156 valence electrons. The standard InChI is InChI=1S/C23H25N3O4/c1-16(27)26-13-12-17-6-4-5-7-20(17)21(26)14-23(29)30-15-22(28)24-18-8-10-19(11-9-18)25(2)3/h4-13,21H,14-15H2,1-3H3,(H,24,28)/t21-/m1/s1. The predicted octanol–water partition coefficient (Wildman–Crippen LogP) is 3.20. The average molecular weight is 407 g/mol. The molecule has 0 saturated heterocycles. The van der Waals surface area contributed by atoms with Crippen LogP contribution in [0.4, 0.5) is 11.4 Å². The molecule has 1 atom stereocenters. The molecule has 0 aliphatic carbocycles. The largest absolute Gasteiger partial charge is 0.455 e. The zero-order valence-corrected chi connectivity index (χ0v) is 17.3. The first-order chi connectivity index (χ1) is 14.3. The molecule has 0 bridgehead atoms. The number of amides is 2. The summed E-state index contributed by atoms with van der Waals surface area (Å²) in [6.45, 7) is 1.06. The van der Waals surface area contributed by atoms with Crippen molar-refractivity contribution >= 4 is 35.2 Å². The molecule has 0 spiro atoms. The molecule has 2 amide bonds. The van der Waals surface area contributed by atoms with E-state index in [1.165, 1.54) is 11.8 Å². The molecule has 0 radical (unpaired) electrons. The van der Waals surface area contributed by atoms with E-state index in [0.29, 0.717) is 5.69 Å². The summed E-state index contributed by atoms with van der Waals surface area (Å²) in [7, 11) is 3.86. The number of nitrogens with one attached hydrogen (secondary N) is 1. The van der Waals surface area contributed by atoms with Crippen LogP contribution in [0.1, 0.15) is 30.5 Å². The highest BCUT2D eigenvalue weighted by atomic mass is 16.5. The number of rotatable bonds is 6. The lowest BCUT2D eigenvalue weighted by Gasteiger charge is -2.32. The number of carbonyl (C=O) groups excluding carboxylic acids is 3. The van der Waals surface area contributed by atoms with E-state index in [1.54, 1.807) is 18.3 Å². The van der Waals surface area contributed by atoms with Gasteiger partial charge >= 0.3 is 5.97 Å². The Morgan fingerprint density at radius 2 is 1.77 bits per heavy atom. The summed E-state index contributed by atoms with van der Waals surface area (Å²) < 4.78 is 5.16. The van der Waals surface area contributed by atoms with Gasteiger partial charge in [0.1, 0.15) is 0 Å². The molecule has 0 fully saturated rings. The molecule has 1 heterocycles. The molecule has 30 heavy (non-hydrogen) atoms. The van der Waals surface area contributed by atoms with E-state index >= 15 is 0 Å². The molecule has 7 heteroatoms. The van der Waals surface area contributed by atoms with E-state index in [4.69, 9.17) is 4.74 Å². The molecule has 2 aromatic carbocycles. The molecule has 3 rings (SSSR count). The number of ether oxygens (including phenoxy) is 1. The molecular weight excluding hydrogens is 382 g/mol. The number of hydrogen-bond acceptors (Lipinski definition) is 5. The van der Waals surface area contributed by atoms with Gasteiger partial charge in [0.15, 0.2) is 6.61 Å². The Balaban J connectivity index is 1.57. The van der Waals surface area contributed by atoms with Crippen LogP contribution in [0.25, 0.3) is 6.08 Å². The third-order valence-corrected chi connectivity index (χ3v) is 4.86. The highest BCUT2D eigenvalue weighted by Crippen LogP contribution is 2.33. The minimum absolute atomic E-state index is 0.0360. The van der Waals surface area contributed by atoms with Gasteiger partial charge in [-0.05, 0) is 41.5 Å². The van der Waals surface area contributed by atoms with Crippen LogP contribution in [0.5, 0.6) is 0 Å². The fourth-order valence-electron chi connectivity index (χ4n) is 3.32. The van der Waals surface area contributed by atoms with Crippen LogP contribution in [0.2, 0.25) is 0 Å². The van der Waals surface area contributed by atoms with Gasteiger partial charge in [0.05, 0.1) is 12.5 Å². The Kier molecular flexibility index (Phi) is 6.51. The maximum atomic E-state index is 12.4. The molecule has 2 aromatic rings. The number of fused-ring (bicyclic) bond motifs is 1. The van der Waals surface area contributed by atoms with Crippen molar-refractivity contribution in [1.29, 1.82) is 0 Å². The van der Waals surface area contributed by atoms with Gasteiger partial charge in [-0.2, -0.15) is 0 Å². The van der Waals surface area contributed by atoms with E-state index in [0.717, 1.165) is 16.8 Å². The van der Waals surface area contributed by atoms with Crippen LogP contribution in [0, 0.1) is 0 Å². The fraction of sp³-hybridized carbons (Fsp3) is 0.261. The summed E-state index contributed by atoms with van der Waals surface area (Å²) in [4.78, 5) is 40.0. The van der Waals surface area contributed by atoms with Gasteiger partial charge in [-0.3, -0.25) is 14.4 Å². The fourth-order valence-corrected chi connectivity index (χ4v) is 3.32. The van der Waals surface area contributed by atoms with Crippen molar-refractivity contribution in [1.82, 2.24) is 4.90 Å². The molecular formula is C23H25N3O4. The first kappa shape index (κ1) is 21.1. The summed E-state index contributed by atoms with van der Waals surface area (Å²) in [5.74, 6) is -1.14. The SMILES string of the molecule is CC(=O)N1C=Cc2ccccc2[C@H]1CC(=O)OCC(=O)Nc1ccc(N(C)C)cc1. The molecule has 0 unspecified atom stereocenters. The number of carbonyl (C=O) groups is 3. The van der Waals surface area contributed by atoms with Crippen molar-refractivity contribution in [2.24, 2.45) is 0 Å².